The summed E-state index contributed by atoms with van der Waals surface area (Å²) in [4.78, 5) is 14.0. The highest BCUT2D eigenvalue weighted by Crippen LogP contribution is 2.20. The zero-order valence-electron chi connectivity index (χ0n) is 14.6. The van der Waals surface area contributed by atoms with Crippen LogP contribution >= 0.6 is 11.6 Å². The third kappa shape index (κ3) is 4.86. The molecule has 1 aromatic heterocycles. The Balaban J connectivity index is 1.52. The Morgan fingerprint density at radius 1 is 1.12 bits per heavy atom. The lowest BCUT2D eigenvalue weighted by atomic mass is 10.2. The minimum absolute atomic E-state index is 0.0132. The summed E-state index contributed by atoms with van der Waals surface area (Å²) < 4.78 is 1.88. The SMILES string of the molecule is CN(Cc1cnn(Cc2ccccc2)c1)C(=O)CNc1ccccc1Cl. The highest BCUT2D eigenvalue weighted by atomic mass is 35.5. The third-order valence-corrected chi connectivity index (χ3v) is 4.35. The summed E-state index contributed by atoms with van der Waals surface area (Å²) in [6.45, 7) is 1.42. The predicted octanol–water partition coefficient (Wildman–Crippen LogP) is 3.66. The largest absolute Gasteiger partial charge is 0.375 e. The number of hydrogen-bond acceptors (Lipinski definition) is 3. The topological polar surface area (TPSA) is 50.2 Å². The van der Waals surface area contributed by atoms with Crippen LogP contribution in [0.1, 0.15) is 11.1 Å². The summed E-state index contributed by atoms with van der Waals surface area (Å²) in [5.74, 6) is -0.0132. The van der Waals surface area contributed by atoms with Crippen LogP contribution in [0.3, 0.4) is 0 Å². The second-order valence-electron chi connectivity index (χ2n) is 6.11. The number of anilines is 1. The van der Waals surface area contributed by atoms with Crippen molar-refractivity contribution in [2.45, 2.75) is 13.1 Å². The molecule has 1 N–H and O–H groups in total. The van der Waals surface area contributed by atoms with Gasteiger partial charge in [-0.3, -0.25) is 9.48 Å². The predicted molar refractivity (Wildman–Crippen MR) is 104 cm³/mol. The molecule has 2 aromatic carbocycles. The van der Waals surface area contributed by atoms with E-state index in [0.29, 0.717) is 18.1 Å². The Kier molecular flexibility index (Phi) is 5.92. The van der Waals surface area contributed by atoms with Crippen molar-refractivity contribution >= 4 is 23.2 Å². The van der Waals surface area contributed by atoms with Gasteiger partial charge in [-0.05, 0) is 17.7 Å². The number of nitrogens with one attached hydrogen (secondary N) is 1. The maximum atomic E-state index is 12.3. The van der Waals surface area contributed by atoms with Crippen LogP contribution in [0.5, 0.6) is 0 Å². The minimum Gasteiger partial charge on any atom is -0.375 e. The second kappa shape index (κ2) is 8.54. The van der Waals surface area contributed by atoms with E-state index in [0.717, 1.165) is 11.3 Å². The quantitative estimate of drug-likeness (QED) is 0.692. The maximum absolute atomic E-state index is 12.3. The van der Waals surface area contributed by atoms with Crippen LogP contribution in [0.25, 0.3) is 0 Å². The molecule has 0 saturated carbocycles. The van der Waals surface area contributed by atoms with Crippen LogP contribution < -0.4 is 5.32 Å². The van der Waals surface area contributed by atoms with Crippen molar-refractivity contribution in [2.75, 3.05) is 18.9 Å². The number of likely N-dealkylation sites (N-methyl/N-ethyl adjacent to an activating group) is 1. The first kappa shape index (κ1) is 18.0. The number of nitrogens with zero attached hydrogens (tertiary/aromatic N) is 3. The van der Waals surface area contributed by atoms with Gasteiger partial charge < -0.3 is 10.2 Å². The molecule has 0 unspecified atom stereocenters. The molecule has 0 radical (unpaired) electrons. The Bertz CT molecular complexity index is 863. The molecule has 0 aliphatic carbocycles. The molecular weight excluding hydrogens is 348 g/mol. The summed E-state index contributed by atoms with van der Waals surface area (Å²) >= 11 is 6.09. The van der Waals surface area contributed by atoms with Crippen LogP contribution in [0.4, 0.5) is 5.69 Å². The molecule has 0 fully saturated rings. The number of benzene rings is 2. The van der Waals surface area contributed by atoms with Gasteiger partial charge in [0.15, 0.2) is 0 Å². The monoisotopic (exact) mass is 368 g/mol. The van der Waals surface area contributed by atoms with Crippen LogP contribution in [0.2, 0.25) is 5.02 Å². The number of carbonyl (C=O) groups excluding carboxylic acids is 1. The first-order valence-corrected chi connectivity index (χ1v) is 8.77. The van der Waals surface area contributed by atoms with Crippen molar-refractivity contribution in [3.05, 3.63) is 83.1 Å². The molecule has 5 nitrogen and oxygen atoms in total. The lowest BCUT2D eigenvalue weighted by molar-refractivity contribution is -0.128. The third-order valence-electron chi connectivity index (χ3n) is 4.02. The Morgan fingerprint density at radius 3 is 2.62 bits per heavy atom. The van der Waals surface area contributed by atoms with Crippen molar-refractivity contribution in [3.63, 3.8) is 0 Å². The standard InChI is InChI=1S/C20H21ClN4O/c1-24(20(26)12-22-19-10-6-5-9-18(19)21)13-17-11-23-25(15-17)14-16-7-3-2-4-8-16/h2-11,15,22H,12-14H2,1H3. The molecule has 26 heavy (non-hydrogen) atoms. The molecule has 1 amide bonds. The fourth-order valence-electron chi connectivity index (χ4n) is 2.62. The Morgan fingerprint density at radius 2 is 1.85 bits per heavy atom. The van der Waals surface area contributed by atoms with Gasteiger partial charge >= 0.3 is 0 Å². The number of amides is 1. The first-order chi connectivity index (χ1) is 12.6. The number of para-hydroxylation sites is 1. The van der Waals surface area contributed by atoms with Gasteiger partial charge in [0.1, 0.15) is 0 Å². The zero-order chi connectivity index (χ0) is 18.4. The van der Waals surface area contributed by atoms with E-state index in [-0.39, 0.29) is 12.5 Å². The summed E-state index contributed by atoms with van der Waals surface area (Å²) in [7, 11) is 1.78. The minimum atomic E-state index is -0.0132. The molecule has 3 aromatic rings. The molecule has 0 bridgehead atoms. The van der Waals surface area contributed by atoms with Gasteiger partial charge in [-0.2, -0.15) is 5.10 Å². The molecule has 0 spiro atoms. The van der Waals surface area contributed by atoms with Crippen LogP contribution in [-0.2, 0) is 17.9 Å². The Hall–Kier alpha value is -2.79. The van der Waals surface area contributed by atoms with Gasteiger partial charge in [0, 0.05) is 25.4 Å². The van der Waals surface area contributed by atoms with Crippen molar-refractivity contribution in [3.8, 4) is 0 Å². The lowest BCUT2D eigenvalue weighted by Gasteiger charge is -2.17. The lowest BCUT2D eigenvalue weighted by Crippen LogP contribution is -2.31. The second-order valence-corrected chi connectivity index (χ2v) is 6.52. The normalized spacial score (nSPS) is 10.5. The Labute approximate surface area is 158 Å². The van der Waals surface area contributed by atoms with E-state index in [2.05, 4.69) is 22.5 Å². The van der Waals surface area contributed by atoms with Gasteiger partial charge in [0.05, 0.1) is 30.0 Å². The number of halogens is 1. The first-order valence-electron chi connectivity index (χ1n) is 8.39. The van der Waals surface area contributed by atoms with E-state index in [1.807, 2.05) is 47.3 Å². The van der Waals surface area contributed by atoms with E-state index < -0.39 is 0 Å². The molecule has 0 saturated heterocycles. The fourth-order valence-corrected chi connectivity index (χ4v) is 2.82. The molecule has 134 valence electrons. The number of carbonyl (C=O) groups is 1. The van der Waals surface area contributed by atoms with Crippen molar-refractivity contribution < 1.29 is 4.79 Å². The van der Waals surface area contributed by atoms with Crippen LogP contribution in [0.15, 0.2) is 67.0 Å². The summed E-state index contributed by atoms with van der Waals surface area (Å²) in [5, 5.41) is 8.05. The molecular formula is C20H21ClN4O. The molecule has 1 heterocycles. The van der Waals surface area contributed by atoms with Gasteiger partial charge in [-0.15, -0.1) is 0 Å². The van der Waals surface area contributed by atoms with E-state index in [9.17, 15) is 4.79 Å². The molecule has 0 atom stereocenters. The molecule has 3 rings (SSSR count). The number of hydrogen-bond donors (Lipinski definition) is 1. The van der Waals surface area contributed by atoms with E-state index in [4.69, 9.17) is 11.6 Å². The molecule has 0 aliphatic heterocycles. The number of aromatic nitrogens is 2. The fraction of sp³-hybridized carbons (Fsp3) is 0.200. The smallest absolute Gasteiger partial charge is 0.241 e. The van der Waals surface area contributed by atoms with Gasteiger partial charge in [-0.1, -0.05) is 54.1 Å². The van der Waals surface area contributed by atoms with Crippen LogP contribution in [-0.4, -0.2) is 34.2 Å². The maximum Gasteiger partial charge on any atom is 0.241 e. The molecule has 6 heteroatoms. The van der Waals surface area contributed by atoms with E-state index >= 15 is 0 Å². The summed E-state index contributed by atoms with van der Waals surface area (Å²) in [6, 6.07) is 17.5. The number of rotatable bonds is 7. The van der Waals surface area contributed by atoms with Crippen molar-refractivity contribution in [1.29, 1.82) is 0 Å². The highest BCUT2D eigenvalue weighted by molar-refractivity contribution is 6.33. The van der Waals surface area contributed by atoms with Crippen LogP contribution in [0, 0.1) is 0 Å². The zero-order valence-corrected chi connectivity index (χ0v) is 15.4. The van der Waals surface area contributed by atoms with Gasteiger partial charge in [-0.25, -0.2) is 0 Å². The van der Waals surface area contributed by atoms with E-state index in [1.54, 1.807) is 24.2 Å². The summed E-state index contributed by atoms with van der Waals surface area (Å²) in [5.41, 5.74) is 2.94. The average molecular weight is 369 g/mol. The summed E-state index contributed by atoms with van der Waals surface area (Å²) in [6.07, 6.45) is 3.77. The van der Waals surface area contributed by atoms with Gasteiger partial charge in [0.2, 0.25) is 5.91 Å². The van der Waals surface area contributed by atoms with E-state index in [1.165, 1.54) is 5.56 Å². The highest BCUT2D eigenvalue weighted by Gasteiger charge is 2.11. The van der Waals surface area contributed by atoms with Gasteiger partial charge in [0.25, 0.3) is 0 Å². The van der Waals surface area contributed by atoms with Crippen molar-refractivity contribution in [2.24, 2.45) is 0 Å². The van der Waals surface area contributed by atoms with Crippen molar-refractivity contribution in [1.82, 2.24) is 14.7 Å². The average Bonchev–Trinajstić information content (AvgIpc) is 3.08. The molecule has 0 aliphatic rings.